The molecule has 1 atom stereocenters. The van der Waals surface area contributed by atoms with Gasteiger partial charge in [-0.05, 0) is 17.5 Å². The first-order chi connectivity index (χ1) is 10.8. The molecule has 2 aromatic carbocycles. The average molecular weight is 285 g/mol. The first-order valence-corrected chi connectivity index (χ1v) is 7.08. The minimum absolute atomic E-state index is 0.251. The lowest BCUT2D eigenvalue weighted by atomic mass is 9.66. The van der Waals surface area contributed by atoms with Gasteiger partial charge >= 0.3 is 0 Å². The van der Waals surface area contributed by atoms with E-state index in [9.17, 15) is 10.5 Å². The molecule has 0 N–H and O–H groups in total. The highest BCUT2D eigenvalue weighted by atomic mass is 14.5. The van der Waals surface area contributed by atoms with Crippen molar-refractivity contribution in [3.05, 3.63) is 71.8 Å². The minimum atomic E-state index is -1.06. The van der Waals surface area contributed by atoms with Crippen molar-refractivity contribution < 1.29 is 0 Å². The van der Waals surface area contributed by atoms with Crippen LogP contribution in [0.25, 0.3) is 0 Å². The molecule has 0 aromatic heterocycles. The Kier molecular flexibility index (Phi) is 4.92. The Hall–Kier alpha value is -3.09. The van der Waals surface area contributed by atoms with Crippen LogP contribution < -0.4 is 0 Å². The summed E-state index contributed by atoms with van der Waals surface area (Å²) in [4.78, 5) is 0. The molecular formula is C19H15N3. The Morgan fingerprint density at radius 2 is 1.32 bits per heavy atom. The van der Waals surface area contributed by atoms with Gasteiger partial charge in [0.2, 0.25) is 0 Å². The van der Waals surface area contributed by atoms with E-state index in [1.807, 2.05) is 60.7 Å². The zero-order valence-corrected chi connectivity index (χ0v) is 12.1. The molecule has 0 aliphatic rings. The van der Waals surface area contributed by atoms with Gasteiger partial charge in [-0.2, -0.15) is 15.8 Å². The molecule has 0 aliphatic carbocycles. The molecule has 3 heteroatoms. The summed E-state index contributed by atoms with van der Waals surface area (Å²) in [6.45, 7) is 0. The third kappa shape index (κ3) is 2.69. The van der Waals surface area contributed by atoms with E-state index in [1.54, 1.807) is 0 Å². The Morgan fingerprint density at radius 3 is 1.68 bits per heavy atom. The summed E-state index contributed by atoms with van der Waals surface area (Å²) in [7, 11) is 0. The predicted octanol–water partition coefficient (Wildman–Crippen LogP) is 3.94. The Labute approximate surface area is 130 Å². The molecule has 22 heavy (non-hydrogen) atoms. The van der Waals surface area contributed by atoms with E-state index in [1.165, 1.54) is 0 Å². The van der Waals surface area contributed by atoms with E-state index in [-0.39, 0.29) is 6.42 Å². The van der Waals surface area contributed by atoms with Gasteiger partial charge in [-0.15, -0.1) is 0 Å². The van der Waals surface area contributed by atoms with Crippen LogP contribution in [0.2, 0.25) is 0 Å². The van der Waals surface area contributed by atoms with Gasteiger partial charge in [0.1, 0.15) is 5.41 Å². The topological polar surface area (TPSA) is 71.4 Å². The molecule has 0 radical (unpaired) electrons. The van der Waals surface area contributed by atoms with Crippen molar-refractivity contribution in [2.24, 2.45) is 5.92 Å². The van der Waals surface area contributed by atoms with Crippen molar-refractivity contribution in [2.75, 3.05) is 0 Å². The monoisotopic (exact) mass is 285 g/mol. The Morgan fingerprint density at radius 1 is 0.818 bits per heavy atom. The summed E-state index contributed by atoms with van der Waals surface area (Å²) in [5.74, 6) is -0.582. The average Bonchev–Trinajstić information content (AvgIpc) is 2.60. The lowest BCUT2D eigenvalue weighted by molar-refractivity contribution is 0.457. The predicted molar refractivity (Wildman–Crippen MR) is 83.2 cm³/mol. The molecule has 1 unspecified atom stereocenters. The molecule has 2 rings (SSSR count). The maximum Gasteiger partial charge on any atom is 0.123 e. The quantitative estimate of drug-likeness (QED) is 0.835. The molecule has 0 bridgehead atoms. The second-order valence-corrected chi connectivity index (χ2v) is 5.03. The highest BCUT2D eigenvalue weighted by Gasteiger charge is 2.42. The first kappa shape index (κ1) is 15.3. The lowest BCUT2D eigenvalue weighted by Gasteiger charge is -2.32. The fraction of sp³-hybridized carbons (Fsp3) is 0.211. The Bertz CT molecular complexity index is 691. The fourth-order valence-electron chi connectivity index (χ4n) is 2.76. The second kappa shape index (κ2) is 7.07. The maximum absolute atomic E-state index is 10.0. The molecule has 0 fully saturated rings. The zero-order chi connectivity index (χ0) is 15.8. The third-order valence-electron chi connectivity index (χ3n) is 3.86. The summed E-state index contributed by atoms with van der Waals surface area (Å²) in [6.07, 6.45) is 0.617. The van der Waals surface area contributed by atoms with E-state index in [4.69, 9.17) is 5.26 Å². The second-order valence-electron chi connectivity index (χ2n) is 5.03. The van der Waals surface area contributed by atoms with Crippen LogP contribution in [0.1, 0.15) is 24.0 Å². The van der Waals surface area contributed by atoms with Crippen LogP contribution >= 0.6 is 0 Å². The van der Waals surface area contributed by atoms with E-state index in [2.05, 4.69) is 18.2 Å². The van der Waals surface area contributed by atoms with Gasteiger partial charge in [0.15, 0.2) is 0 Å². The van der Waals surface area contributed by atoms with Crippen LogP contribution in [0.15, 0.2) is 60.7 Å². The molecule has 0 saturated heterocycles. The summed E-state index contributed by atoms with van der Waals surface area (Å²) in [6, 6.07) is 25.4. The highest BCUT2D eigenvalue weighted by molar-refractivity contribution is 5.48. The van der Waals surface area contributed by atoms with Crippen LogP contribution in [0.4, 0.5) is 0 Å². The molecule has 0 aliphatic heterocycles. The van der Waals surface area contributed by atoms with Crippen molar-refractivity contribution in [1.29, 1.82) is 15.8 Å². The Balaban J connectivity index is 2.66. The number of nitriles is 3. The van der Waals surface area contributed by atoms with Crippen LogP contribution in [0, 0.1) is 39.9 Å². The van der Waals surface area contributed by atoms with Crippen molar-refractivity contribution in [1.82, 2.24) is 0 Å². The largest absolute Gasteiger partial charge is 0.198 e. The number of hydrogen-bond donors (Lipinski definition) is 0. The smallest absolute Gasteiger partial charge is 0.123 e. The molecule has 0 heterocycles. The molecule has 2 aromatic rings. The number of nitrogens with zero attached hydrogens (tertiary/aromatic N) is 3. The highest BCUT2D eigenvalue weighted by Crippen LogP contribution is 2.40. The maximum atomic E-state index is 10.0. The molecular weight excluding hydrogens is 270 g/mol. The summed E-state index contributed by atoms with van der Waals surface area (Å²) < 4.78 is 0. The SMILES string of the molecule is N#CCCC(C#N)C(C#N)(c1ccccc1)c1ccccc1. The van der Waals surface area contributed by atoms with Gasteiger partial charge in [-0.25, -0.2) is 0 Å². The first-order valence-electron chi connectivity index (χ1n) is 7.08. The molecule has 3 nitrogen and oxygen atoms in total. The summed E-state index contributed by atoms with van der Waals surface area (Å²) in [5, 5.41) is 28.5. The minimum Gasteiger partial charge on any atom is -0.198 e. The van der Waals surface area contributed by atoms with Gasteiger partial charge in [-0.3, -0.25) is 0 Å². The zero-order valence-electron chi connectivity index (χ0n) is 12.1. The third-order valence-corrected chi connectivity index (χ3v) is 3.86. The van der Waals surface area contributed by atoms with Gasteiger partial charge in [0.25, 0.3) is 0 Å². The van der Waals surface area contributed by atoms with E-state index in [0.29, 0.717) is 6.42 Å². The molecule has 0 spiro atoms. The van der Waals surface area contributed by atoms with Crippen molar-refractivity contribution in [3.8, 4) is 18.2 Å². The van der Waals surface area contributed by atoms with Crippen molar-refractivity contribution >= 4 is 0 Å². The lowest BCUT2D eigenvalue weighted by Crippen LogP contribution is -2.34. The normalized spacial score (nSPS) is 11.7. The van der Waals surface area contributed by atoms with E-state index < -0.39 is 11.3 Å². The van der Waals surface area contributed by atoms with E-state index >= 15 is 0 Å². The van der Waals surface area contributed by atoms with Crippen molar-refractivity contribution in [3.63, 3.8) is 0 Å². The standard InChI is InChI=1S/C19H15N3/c20-13-7-12-18(14-21)19(15-22,16-8-3-1-4-9-16)17-10-5-2-6-11-17/h1-6,8-11,18H,7,12H2. The van der Waals surface area contributed by atoms with Gasteiger partial charge in [0, 0.05) is 6.42 Å². The number of benzene rings is 2. The summed E-state index contributed by atoms with van der Waals surface area (Å²) in [5.41, 5.74) is 0.509. The van der Waals surface area contributed by atoms with Crippen LogP contribution in [-0.4, -0.2) is 0 Å². The van der Waals surface area contributed by atoms with Crippen LogP contribution in [0.5, 0.6) is 0 Å². The van der Waals surface area contributed by atoms with Gasteiger partial charge in [-0.1, -0.05) is 60.7 Å². The molecule has 0 amide bonds. The van der Waals surface area contributed by atoms with Crippen molar-refractivity contribution in [2.45, 2.75) is 18.3 Å². The van der Waals surface area contributed by atoms with Gasteiger partial charge in [0.05, 0.1) is 24.1 Å². The van der Waals surface area contributed by atoms with E-state index in [0.717, 1.165) is 11.1 Å². The number of rotatable bonds is 5. The number of hydrogen-bond acceptors (Lipinski definition) is 3. The molecule has 106 valence electrons. The summed E-state index contributed by atoms with van der Waals surface area (Å²) >= 11 is 0. The van der Waals surface area contributed by atoms with Crippen LogP contribution in [-0.2, 0) is 5.41 Å². The fourth-order valence-corrected chi connectivity index (χ4v) is 2.76. The molecule has 0 saturated carbocycles. The van der Waals surface area contributed by atoms with Crippen LogP contribution in [0.3, 0.4) is 0 Å². The van der Waals surface area contributed by atoms with Gasteiger partial charge < -0.3 is 0 Å².